The number of fused-ring (bicyclic) bond motifs is 1. The van der Waals surface area contributed by atoms with Crippen LogP contribution >= 0.6 is 0 Å². The Labute approximate surface area is 105 Å². The number of rotatable bonds is 2. The highest BCUT2D eigenvalue weighted by Gasteiger charge is 2.43. The SMILES string of the molecule is O=C1c2ccccc2C(=O)N1[C@@H]1CCC[C@@H]1CO. The minimum absolute atomic E-state index is 0.0345. The quantitative estimate of drug-likeness (QED) is 0.802. The number of benzene rings is 1. The summed E-state index contributed by atoms with van der Waals surface area (Å²) in [7, 11) is 0. The summed E-state index contributed by atoms with van der Waals surface area (Å²) in [4.78, 5) is 25.9. The molecule has 4 heteroatoms. The molecule has 18 heavy (non-hydrogen) atoms. The Kier molecular flexibility index (Phi) is 2.67. The molecule has 1 saturated carbocycles. The number of carbonyl (C=O) groups excluding carboxylic acids is 2. The first-order chi connectivity index (χ1) is 8.74. The van der Waals surface area contributed by atoms with Crippen molar-refractivity contribution in [1.29, 1.82) is 0 Å². The van der Waals surface area contributed by atoms with Crippen molar-refractivity contribution in [2.45, 2.75) is 25.3 Å². The molecule has 1 N–H and O–H groups in total. The standard InChI is InChI=1S/C14H15NO3/c16-8-9-4-3-7-12(9)15-13(17)10-5-1-2-6-11(10)14(15)18/h1-2,5-6,9,12,16H,3-4,7-8H2/t9-,12-/m1/s1. The molecule has 1 fully saturated rings. The van der Waals surface area contributed by atoms with Gasteiger partial charge in [-0.2, -0.15) is 0 Å². The molecule has 2 amide bonds. The molecule has 1 aromatic rings. The third-order valence-corrected chi connectivity index (χ3v) is 4.01. The van der Waals surface area contributed by atoms with Crippen LogP contribution in [0.15, 0.2) is 24.3 Å². The molecule has 0 spiro atoms. The predicted molar refractivity (Wildman–Crippen MR) is 65.2 cm³/mol. The number of carbonyl (C=O) groups is 2. The minimum Gasteiger partial charge on any atom is -0.396 e. The normalized spacial score (nSPS) is 26.8. The molecule has 0 radical (unpaired) electrons. The molecule has 0 aromatic heterocycles. The number of imide groups is 1. The molecular weight excluding hydrogens is 230 g/mol. The summed E-state index contributed by atoms with van der Waals surface area (Å²) in [6.07, 6.45) is 2.65. The first-order valence-electron chi connectivity index (χ1n) is 6.32. The topological polar surface area (TPSA) is 57.6 Å². The number of amides is 2. The van der Waals surface area contributed by atoms with Crippen LogP contribution < -0.4 is 0 Å². The van der Waals surface area contributed by atoms with Gasteiger partial charge in [0.2, 0.25) is 0 Å². The maximum Gasteiger partial charge on any atom is 0.261 e. The zero-order valence-electron chi connectivity index (χ0n) is 10.0. The van der Waals surface area contributed by atoms with Crippen molar-refractivity contribution >= 4 is 11.8 Å². The van der Waals surface area contributed by atoms with Crippen molar-refractivity contribution < 1.29 is 14.7 Å². The van der Waals surface area contributed by atoms with Gasteiger partial charge in [0, 0.05) is 18.6 Å². The number of aliphatic hydroxyl groups is 1. The van der Waals surface area contributed by atoms with Crippen molar-refractivity contribution in [1.82, 2.24) is 4.90 Å². The Hall–Kier alpha value is -1.68. The van der Waals surface area contributed by atoms with E-state index in [2.05, 4.69) is 0 Å². The fourth-order valence-electron chi connectivity index (χ4n) is 3.08. The van der Waals surface area contributed by atoms with Gasteiger partial charge < -0.3 is 5.11 Å². The lowest BCUT2D eigenvalue weighted by Gasteiger charge is -2.26. The van der Waals surface area contributed by atoms with Crippen LogP contribution in [-0.4, -0.2) is 34.5 Å². The molecule has 94 valence electrons. The Balaban J connectivity index is 1.97. The van der Waals surface area contributed by atoms with Gasteiger partial charge in [0.15, 0.2) is 0 Å². The molecule has 1 heterocycles. The van der Waals surface area contributed by atoms with E-state index < -0.39 is 0 Å². The average molecular weight is 245 g/mol. The summed E-state index contributed by atoms with van der Waals surface area (Å²) >= 11 is 0. The van der Waals surface area contributed by atoms with E-state index >= 15 is 0 Å². The molecule has 2 aliphatic rings. The lowest BCUT2D eigenvalue weighted by atomic mass is 10.0. The lowest BCUT2D eigenvalue weighted by Crippen LogP contribution is -2.42. The molecule has 4 nitrogen and oxygen atoms in total. The molecule has 1 aliphatic carbocycles. The van der Waals surface area contributed by atoms with Gasteiger partial charge in [0.1, 0.15) is 0 Å². The van der Waals surface area contributed by atoms with Crippen LogP contribution in [0.1, 0.15) is 40.0 Å². The third-order valence-electron chi connectivity index (χ3n) is 4.01. The molecule has 0 bridgehead atoms. The number of aliphatic hydroxyl groups excluding tert-OH is 1. The molecule has 1 aliphatic heterocycles. The highest BCUT2D eigenvalue weighted by molar-refractivity contribution is 6.21. The van der Waals surface area contributed by atoms with Crippen LogP contribution in [0.5, 0.6) is 0 Å². The molecule has 0 unspecified atom stereocenters. The van der Waals surface area contributed by atoms with Gasteiger partial charge in [-0.05, 0) is 25.0 Å². The largest absolute Gasteiger partial charge is 0.396 e. The van der Waals surface area contributed by atoms with Crippen molar-refractivity contribution in [3.63, 3.8) is 0 Å². The Morgan fingerprint density at radius 3 is 2.28 bits per heavy atom. The summed E-state index contributed by atoms with van der Waals surface area (Å²) in [6, 6.07) is 6.79. The molecule has 1 aromatic carbocycles. The van der Waals surface area contributed by atoms with E-state index in [0.29, 0.717) is 11.1 Å². The van der Waals surface area contributed by atoms with E-state index in [1.165, 1.54) is 4.90 Å². The first-order valence-corrected chi connectivity index (χ1v) is 6.32. The molecule has 3 rings (SSSR count). The second kappa shape index (κ2) is 4.21. The van der Waals surface area contributed by atoms with Gasteiger partial charge in [-0.25, -0.2) is 0 Å². The van der Waals surface area contributed by atoms with Crippen LogP contribution in [-0.2, 0) is 0 Å². The summed E-state index contributed by atoms with van der Waals surface area (Å²) < 4.78 is 0. The lowest BCUT2D eigenvalue weighted by molar-refractivity contribution is 0.0514. The van der Waals surface area contributed by atoms with Gasteiger partial charge in [0.05, 0.1) is 11.1 Å². The fraction of sp³-hybridized carbons (Fsp3) is 0.429. The summed E-state index contributed by atoms with van der Waals surface area (Å²) in [5.74, 6) is -0.380. The summed E-state index contributed by atoms with van der Waals surface area (Å²) in [5.41, 5.74) is 0.983. The van der Waals surface area contributed by atoms with Gasteiger partial charge in [0.25, 0.3) is 11.8 Å². The average Bonchev–Trinajstić information content (AvgIpc) is 2.95. The minimum atomic E-state index is -0.207. The van der Waals surface area contributed by atoms with E-state index in [1.807, 2.05) is 0 Å². The number of nitrogens with zero attached hydrogens (tertiary/aromatic N) is 1. The Morgan fingerprint density at radius 2 is 1.72 bits per heavy atom. The van der Waals surface area contributed by atoms with E-state index in [-0.39, 0.29) is 30.4 Å². The monoisotopic (exact) mass is 245 g/mol. The number of hydrogen-bond donors (Lipinski definition) is 1. The Morgan fingerprint density at radius 1 is 1.11 bits per heavy atom. The van der Waals surface area contributed by atoms with Crippen LogP contribution in [0, 0.1) is 5.92 Å². The van der Waals surface area contributed by atoms with Gasteiger partial charge in [-0.3, -0.25) is 14.5 Å². The maximum absolute atomic E-state index is 12.3. The van der Waals surface area contributed by atoms with Crippen LogP contribution in [0.4, 0.5) is 0 Å². The van der Waals surface area contributed by atoms with Crippen LogP contribution in [0.25, 0.3) is 0 Å². The second-order valence-electron chi connectivity index (χ2n) is 4.97. The van der Waals surface area contributed by atoms with Crippen molar-refractivity contribution in [2.75, 3.05) is 6.61 Å². The predicted octanol–water partition coefficient (Wildman–Crippen LogP) is 1.44. The first kappa shape index (κ1) is 11.4. The fourth-order valence-corrected chi connectivity index (χ4v) is 3.08. The van der Waals surface area contributed by atoms with Crippen LogP contribution in [0.2, 0.25) is 0 Å². The zero-order chi connectivity index (χ0) is 12.7. The van der Waals surface area contributed by atoms with Crippen molar-refractivity contribution in [3.05, 3.63) is 35.4 Å². The highest BCUT2D eigenvalue weighted by atomic mass is 16.3. The molecule has 0 saturated heterocycles. The van der Waals surface area contributed by atoms with Crippen molar-refractivity contribution in [2.24, 2.45) is 5.92 Å². The van der Waals surface area contributed by atoms with Gasteiger partial charge in [-0.1, -0.05) is 18.6 Å². The van der Waals surface area contributed by atoms with Gasteiger partial charge in [-0.15, -0.1) is 0 Å². The Bertz CT molecular complexity index is 477. The summed E-state index contributed by atoms with van der Waals surface area (Å²) in [6.45, 7) is 0.0398. The molecular formula is C14H15NO3. The highest BCUT2D eigenvalue weighted by Crippen LogP contribution is 2.34. The smallest absolute Gasteiger partial charge is 0.261 e. The number of hydrogen-bond acceptors (Lipinski definition) is 3. The molecule has 2 atom stereocenters. The van der Waals surface area contributed by atoms with E-state index in [4.69, 9.17) is 0 Å². The van der Waals surface area contributed by atoms with Crippen LogP contribution in [0.3, 0.4) is 0 Å². The van der Waals surface area contributed by atoms with E-state index in [9.17, 15) is 14.7 Å². The summed E-state index contributed by atoms with van der Waals surface area (Å²) in [5, 5.41) is 9.34. The third kappa shape index (κ3) is 1.49. The zero-order valence-corrected chi connectivity index (χ0v) is 10.0. The maximum atomic E-state index is 12.3. The van der Waals surface area contributed by atoms with E-state index in [1.54, 1.807) is 24.3 Å². The van der Waals surface area contributed by atoms with Crippen molar-refractivity contribution in [3.8, 4) is 0 Å². The van der Waals surface area contributed by atoms with E-state index in [0.717, 1.165) is 19.3 Å². The second-order valence-corrected chi connectivity index (χ2v) is 4.97. The van der Waals surface area contributed by atoms with Gasteiger partial charge >= 0.3 is 0 Å².